The molecule has 2 aromatic heterocycles. The molecule has 0 radical (unpaired) electrons. The van der Waals surface area contributed by atoms with Crippen LogP contribution >= 0.6 is 11.3 Å². The van der Waals surface area contributed by atoms with E-state index in [0.29, 0.717) is 23.5 Å². The quantitative estimate of drug-likeness (QED) is 0.457. The number of hydrogen-bond donors (Lipinski definition) is 1. The topological polar surface area (TPSA) is 95.5 Å². The van der Waals surface area contributed by atoms with Crippen LogP contribution in [0.15, 0.2) is 63.5 Å². The number of H-pyrrole nitrogens is 1. The Morgan fingerprint density at radius 1 is 0.917 bits per heavy atom. The Bertz CT molecular complexity index is 1590. The van der Waals surface area contributed by atoms with Crippen molar-refractivity contribution in [3.63, 3.8) is 0 Å². The largest absolute Gasteiger partial charge is 0.335 e. The average Bonchev–Trinajstić information content (AvgIpc) is 3.42. The van der Waals surface area contributed by atoms with Crippen LogP contribution in [0.5, 0.6) is 0 Å². The molecule has 2 amide bonds. The molecule has 1 aliphatic heterocycles. The Kier molecular flexibility index (Phi) is 6.23. The fraction of sp³-hybridized carbons (Fsp3) is 0.200. The van der Waals surface area contributed by atoms with Crippen molar-refractivity contribution in [2.45, 2.75) is 6.54 Å². The van der Waals surface area contributed by atoms with E-state index in [4.69, 9.17) is 0 Å². The van der Waals surface area contributed by atoms with E-state index in [-0.39, 0.29) is 42.0 Å². The van der Waals surface area contributed by atoms with Gasteiger partial charge < -0.3 is 9.80 Å². The molecule has 0 saturated carbocycles. The number of thiophene rings is 1. The molecular weight excluding hydrogens is 490 g/mol. The molecule has 0 atom stereocenters. The van der Waals surface area contributed by atoms with Crippen molar-refractivity contribution in [3.05, 3.63) is 102 Å². The number of rotatable bonds is 4. The van der Waals surface area contributed by atoms with Gasteiger partial charge in [-0.25, -0.2) is 13.6 Å². The Balaban J connectivity index is 1.37. The highest BCUT2D eigenvalue weighted by molar-refractivity contribution is 7.12. The summed E-state index contributed by atoms with van der Waals surface area (Å²) < 4.78 is 29.5. The van der Waals surface area contributed by atoms with Gasteiger partial charge in [0.2, 0.25) is 0 Å². The van der Waals surface area contributed by atoms with Crippen LogP contribution in [-0.4, -0.2) is 57.3 Å². The fourth-order valence-corrected chi connectivity index (χ4v) is 4.97. The van der Waals surface area contributed by atoms with Crippen molar-refractivity contribution in [3.8, 4) is 0 Å². The van der Waals surface area contributed by atoms with E-state index in [0.717, 1.165) is 18.2 Å². The number of nitrogens with one attached hydrogen (secondary N) is 1. The van der Waals surface area contributed by atoms with Gasteiger partial charge in [0.15, 0.2) is 0 Å². The Hall–Kier alpha value is -4.12. The van der Waals surface area contributed by atoms with Gasteiger partial charge in [0.05, 0.1) is 27.9 Å². The van der Waals surface area contributed by atoms with E-state index in [2.05, 4.69) is 4.98 Å². The van der Waals surface area contributed by atoms with E-state index >= 15 is 0 Å². The molecule has 0 unspecified atom stereocenters. The first-order chi connectivity index (χ1) is 17.3. The highest BCUT2D eigenvalue weighted by atomic mass is 32.1. The average molecular weight is 511 g/mol. The number of carbonyl (C=O) groups excluding carboxylic acids is 2. The van der Waals surface area contributed by atoms with Crippen LogP contribution in [0.1, 0.15) is 25.6 Å². The smallest absolute Gasteiger partial charge is 0.329 e. The first-order valence-electron chi connectivity index (χ1n) is 11.1. The van der Waals surface area contributed by atoms with Gasteiger partial charge in [-0.2, -0.15) is 0 Å². The van der Waals surface area contributed by atoms with Crippen molar-refractivity contribution in [1.82, 2.24) is 19.4 Å². The fourth-order valence-electron chi connectivity index (χ4n) is 4.28. The summed E-state index contributed by atoms with van der Waals surface area (Å²) in [5.74, 6) is -1.94. The van der Waals surface area contributed by atoms with Gasteiger partial charge in [0.25, 0.3) is 17.4 Å². The number of piperazine rings is 1. The summed E-state index contributed by atoms with van der Waals surface area (Å²) in [4.78, 5) is 56.2. The number of aromatic amines is 1. The lowest BCUT2D eigenvalue weighted by Crippen LogP contribution is -2.50. The van der Waals surface area contributed by atoms with E-state index in [1.165, 1.54) is 39.0 Å². The molecule has 1 fully saturated rings. The maximum atomic E-state index is 14.7. The molecule has 3 heterocycles. The van der Waals surface area contributed by atoms with E-state index in [1.54, 1.807) is 17.0 Å². The second kappa shape index (κ2) is 9.50. The van der Waals surface area contributed by atoms with Crippen molar-refractivity contribution in [1.29, 1.82) is 0 Å². The zero-order chi connectivity index (χ0) is 25.4. The van der Waals surface area contributed by atoms with Crippen LogP contribution in [0.3, 0.4) is 0 Å². The Morgan fingerprint density at radius 3 is 2.33 bits per heavy atom. The lowest BCUT2D eigenvalue weighted by molar-refractivity contribution is 0.0535. The molecule has 2 aromatic carbocycles. The SMILES string of the molecule is O=C(c1cccs1)N1CCN(C(=O)c2cc(Cn3c(=O)[nH]c(=O)c4cc(F)ccc43)ccc2F)CC1. The highest BCUT2D eigenvalue weighted by Crippen LogP contribution is 2.19. The van der Waals surface area contributed by atoms with Gasteiger partial charge in [-0.1, -0.05) is 12.1 Å². The minimum absolute atomic E-state index is 0.00276. The standard InChI is InChI=1S/C25H20F2N4O4S/c26-16-4-6-20-18(13-16)22(32)28-25(35)31(20)14-15-3-5-19(27)17(12-15)23(33)29-7-9-30(10-8-29)24(34)21-2-1-11-36-21/h1-6,11-13H,7-10,14H2,(H,28,32,35). The van der Waals surface area contributed by atoms with Crippen molar-refractivity contribution >= 4 is 34.1 Å². The van der Waals surface area contributed by atoms with Crippen LogP contribution in [0.25, 0.3) is 10.9 Å². The number of fused-ring (bicyclic) bond motifs is 1. The van der Waals surface area contributed by atoms with Gasteiger partial charge in [-0.05, 0) is 47.3 Å². The van der Waals surface area contributed by atoms with Crippen LogP contribution in [0.2, 0.25) is 0 Å². The summed E-state index contributed by atoms with van der Waals surface area (Å²) in [5.41, 5.74) is -0.904. The van der Waals surface area contributed by atoms with Crippen molar-refractivity contribution in [2.75, 3.05) is 26.2 Å². The molecule has 8 nitrogen and oxygen atoms in total. The van der Waals surface area contributed by atoms with E-state index in [1.807, 2.05) is 5.38 Å². The zero-order valence-corrected chi connectivity index (χ0v) is 19.7. The molecule has 36 heavy (non-hydrogen) atoms. The molecule has 184 valence electrons. The second-order valence-corrected chi connectivity index (χ2v) is 9.33. The number of aromatic nitrogens is 2. The zero-order valence-electron chi connectivity index (χ0n) is 18.9. The number of nitrogens with zero attached hydrogens (tertiary/aromatic N) is 3. The van der Waals surface area contributed by atoms with Gasteiger partial charge in [0.1, 0.15) is 11.6 Å². The molecule has 0 bridgehead atoms. The minimum atomic E-state index is -0.711. The minimum Gasteiger partial charge on any atom is -0.335 e. The molecule has 1 N–H and O–H groups in total. The molecule has 11 heteroatoms. The second-order valence-electron chi connectivity index (χ2n) is 8.38. The summed E-state index contributed by atoms with van der Waals surface area (Å²) in [7, 11) is 0. The van der Waals surface area contributed by atoms with Gasteiger partial charge >= 0.3 is 5.69 Å². The van der Waals surface area contributed by atoms with Gasteiger partial charge in [-0.15, -0.1) is 11.3 Å². The van der Waals surface area contributed by atoms with Crippen LogP contribution in [-0.2, 0) is 6.54 Å². The number of amides is 2. The Morgan fingerprint density at radius 2 is 1.64 bits per heavy atom. The summed E-state index contributed by atoms with van der Waals surface area (Å²) in [6.07, 6.45) is 0. The molecular formula is C25H20F2N4O4S. The number of carbonyl (C=O) groups is 2. The molecule has 5 rings (SSSR count). The lowest BCUT2D eigenvalue weighted by atomic mass is 10.1. The lowest BCUT2D eigenvalue weighted by Gasteiger charge is -2.34. The third-order valence-electron chi connectivity index (χ3n) is 6.15. The van der Waals surface area contributed by atoms with Crippen molar-refractivity contribution < 1.29 is 18.4 Å². The van der Waals surface area contributed by atoms with E-state index in [9.17, 15) is 28.0 Å². The third kappa shape index (κ3) is 4.44. The summed E-state index contributed by atoms with van der Waals surface area (Å²) >= 11 is 1.35. The first-order valence-corrected chi connectivity index (χ1v) is 12.0. The van der Waals surface area contributed by atoms with Crippen LogP contribution in [0.4, 0.5) is 8.78 Å². The van der Waals surface area contributed by atoms with Gasteiger partial charge in [0, 0.05) is 26.2 Å². The monoisotopic (exact) mass is 510 g/mol. The van der Waals surface area contributed by atoms with Crippen LogP contribution < -0.4 is 11.2 Å². The predicted molar refractivity (Wildman–Crippen MR) is 130 cm³/mol. The summed E-state index contributed by atoms with van der Waals surface area (Å²) in [6, 6.07) is 11.0. The molecule has 1 saturated heterocycles. The van der Waals surface area contributed by atoms with Gasteiger partial charge in [-0.3, -0.25) is 23.9 Å². The maximum Gasteiger partial charge on any atom is 0.329 e. The molecule has 0 aliphatic carbocycles. The summed E-state index contributed by atoms with van der Waals surface area (Å²) in [6.45, 7) is 1.12. The van der Waals surface area contributed by atoms with Crippen molar-refractivity contribution in [2.24, 2.45) is 0 Å². The maximum absolute atomic E-state index is 14.7. The first kappa shape index (κ1) is 23.6. The van der Waals surface area contributed by atoms with Crippen LogP contribution in [0, 0.1) is 11.6 Å². The molecule has 4 aromatic rings. The molecule has 1 aliphatic rings. The molecule has 0 spiro atoms. The third-order valence-corrected chi connectivity index (χ3v) is 7.01. The number of benzene rings is 2. The predicted octanol–water partition coefficient (Wildman–Crippen LogP) is 2.68. The normalized spacial score (nSPS) is 13.8. The number of halogens is 2. The highest BCUT2D eigenvalue weighted by Gasteiger charge is 2.27. The summed E-state index contributed by atoms with van der Waals surface area (Å²) in [5, 5.41) is 1.83. The Labute approximate surface area is 207 Å². The number of hydrogen-bond acceptors (Lipinski definition) is 5. The van der Waals surface area contributed by atoms with E-state index < -0.39 is 28.8 Å².